The highest BCUT2D eigenvalue weighted by atomic mass is 79.9. The van der Waals surface area contributed by atoms with E-state index in [4.69, 9.17) is 5.11 Å². The Bertz CT molecular complexity index is 471. The zero-order valence-corrected chi connectivity index (χ0v) is 14.4. The fraction of sp³-hybridized carbons (Fsp3) is 0.273. The van der Waals surface area contributed by atoms with Crippen molar-refractivity contribution in [2.75, 3.05) is 11.9 Å². The largest absolute Gasteiger partial charge is 0.481 e. The summed E-state index contributed by atoms with van der Waals surface area (Å²) in [6.45, 7) is 0.309. The molecule has 0 aliphatic rings. The number of hydrogen-bond acceptors (Lipinski definition) is 2. The monoisotopic (exact) mass is 456 g/mol. The molecule has 0 unspecified atom stereocenters. The third-order valence-electron chi connectivity index (χ3n) is 2.10. The second kappa shape index (κ2) is 7.86. The number of carboxylic acid groups (broad SMARTS) is 1. The summed E-state index contributed by atoms with van der Waals surface area (Å²) in [6.07, 6.45) is 0.428. The number of nitrogens with one attached hydrogen (secondary N) is 2. The second-order valence-corrected chi connectivity index (χ2v) is 6.25. The Morgan fingerprint density at radius 3 is 2.26 bits per heavy atom. The lowest BCUT2D eigenvalue weighted by molar-refractivity contribution is -0.137. The lowest BCUT2D eigenvalue weighted by atomic mass is 10.3. The molecule has 1 aromatic rings. The van der Waals surface area contributed by atoms with E-state index >= 15 is 0 Å². The molecule has 0 saturated heterocycles. The number of benzene rings is 1. The standard InChI is InChI=1S/C11H11Br3N2O3/c12-6-4-7(13)10(8(14)5-6)16-11(19)15-3-1-2-9(17)18/h4-5H,1-3H2,(H,17,18)(H2,15,16,19). The van der Waals surface area contributed by atoms with Crippen molar-refractivity contribution >= 4 is 65.5 Å². The molecule has 8 heteroatoms. The number of carbonyl (C=O) groups is 2. The molecule has 0 aliphatic carbocycles. The molecule has 1 aromatic carbocycles. The summed E-state index contributed by atoms with van der Waals surface area (Å²) in [6, 6.07) is 3.24. The van der Waals surface area contributed by atoms with E-state index < -0.39 is 5.97 Å². The lowest BCUT2D eigenvalue weighted by Gasteiger charge is -2.11. The normalized spacial score (nSPS) is 10.1. The molecule has 1 rings (SSSR count). The molecule has 0 aromatic heterocycles. The smallest absolute Gasteiger partial charge is 0.319 e. The van der Waals surface area contributed by atoms with Crippen LogP contribution in [0.15, 0.2) is 25.6 Å². The number of anilines is 1. The van der Waals surface area contributed by atoms with Crippen molar-refractivity contribution in [2.24, 2.45) is 0 Å². The molecule has 3 N–H and O–H groups in total. The highest BCUT2D eigenvalue weighted by Crippen LogP contribution is 2.34. The first-order valence-corrected chi connectivity index (χ1v) is 7.69. The van der Waals surface area contributed by atoms with Crippen LogP contribution in [-0.2, 0) is 4.79 Å². The van der Waals surface area contributed by atoms with Crippen LogP contribution in [0.5, 0.6) is 0 Å². The number of rotatable bonds is 5. The van der Waals surface area contributed by atoms with Gasteiger partial charge in [-0.05, 0) is 50.4 Å². The van der Waals surface area contributed by atoms with Crippen LogP contribution in [0.1, 0.15) is 12.8 Å². The molecule has 0 radical (unpaired) electrons. The van der Waals surface area contributed by atoms with Gasteiger partial charge in [0.15, 0.2) is 0 Å². The number of aliphatic carboxylic acids is 1. The molecule has 0 fully saturated rings. The van der Waals surface area contributed by atoms with Gasteiger partial charge in [0.1, 0.15) is 0 Å². The Kier molecular flexibility index (Phi) is 6.81. The Hall–Kier alpha value is -0.600. The van der Waals surface area contributed by atoms with Crippen molar-refractivity contribution in [1.29, 1.82) is 0 Å². The van der Waals surface area contributed by atoms with Crippen LogP contribution in [0.3, 0.4) is 0 Å². The van der Waals surface area contributed by atoms with Crippen molar-refractivity contribution < 1.29 is 14.7 Å². The number of carbonyl (C=O) groups excluding carboxylic acids is 1. The summed E-state index contributed by atoms with van der Waals surface area (Å²) in [5.41, 5.74) is 0.610. The van der Waals surface area contributed by atoms with E-state index in [9.17, 15) is 9.59 Å². The summed E-state index contributed by atoms with van der Waals surface area (Å²) in [5, 5.41) is 13.7. The molecule has 0 atom stereocenters. The maximum absolute atomic E-state index is 11.6. The van der Waals surface area contributed by atoms with Gasteiger partial charge in [-0.25, -0.2) is 4.79 Å². The van der Waals surface area contributed by atoms with E-state index in [2.05, 4.69) is 58.4 Å². The predicted octanol–water partition coefficient (Wildman–Crippen LogP) is 3.96. The molecule has 104 valence electrons. The van der Waals surface area contributed by atoms with E-state index in [-0.39, 0.29) is 12.5 Å². The van der Waals surface area contributed by atoms with Gasteiger partial charge in [0.25, 0.3) is 0 Å². The van der Waals surface area contributed by atoms with Crippen molar-refractivity contribution in [3.8, 4) is 0 Å². The molecule has 5 nitrogen and oxygen atoms in total. The van der Waals surface area contributed by atoms with Gasteiger partial charge in [-0.15, -0.1) is 0 Å². The first kappa shape index (κ1) is 16.5. The van der Waals surface area contributed by atoms with Gasteiger partial charge in [-0.1, -0.05) is 15.9 Å². The van der Waals surface area contributed by atoms with Gasteiger partial charge in [0, 0.05) is 26.4 Å². The minimum absolute atomic E-state index is 0.0337. The molecule has 0 saturated carbocycles. The zero-order valence-electron chi connectivity index (χ0n) is 9.67. The van der Waals surface area contributed by atoms with Gasteiger partial charge >= 0.3 is 12.0 Å². The highest BCUT2D eigenvalue weighted by Gasteiger charge is 2.10. The van der Waals surface area contributed by atoms with Crippen LogP contribution in [-0.4, -0.2) is 23.7 Å². The van der Waals surface area contributed by atoms with Crippen LogP contribution in [0.25, 0.3) is 0 Å². The van der Waals surface area contributed by atoms with E-state index in [1.165, 1.54) is 0 Å². The number of halogens is 3. The topological polar surface area (TPSA) is 78.4 Å². The molecular weight excluding hydrogens is 448 g/mol. The van der Waals surface area contributed by atoms with E-state index in [0.717, 1.165) is 13.4 Å². The molecular formula is C11H11Br3N2O3. The molecule has 2 amide bonds. The fourth-order valence-corrected chi connectivity index (χ4v) is 3.72. The maximum atomic E-state index is 11.6. The van der Waals surface area contributed by atoms with E-state index in [1.807, 2.05) is 12.1 Å². The van der Waals surface area contributed by atoms with Gasteiger partial charge < -0.3 is 15.7 Å². The van der Waals surface area contributed by atoms with Crippen LogP contribution in [0, 0.1) is 0 Å². The minimum Gasteiger partial charge on any atom is -0.481 e. The summed E-state index contributed by atoms with van der Waals surface area (Å²) in [7, 11) is 0. The molecule has 0 aliphatic heterocycles. The van der Waals surface area contributed by atoms with Gasteiger partial charge in [-0.2, -0.15) is 0 Å². The average molecular weight is 459 g/mol. The zero-order chi connectivity index (χ0) is 14.4. The lowest BCUT2D eigenvalue weighted by Crippen LogP contribution is -2.30. The van der Waals surface area contributed by atoms with Gasteiger partial charge in [0.05, 0.1) is 5.69 Å². The van der Waals surface area contributed by atoms with Gasteiger partial charge in [-0.3, -0.25) is 4.79 Å². The first-order chi connectivity index (χ1) is 8.90. The summed E-state index contributed by atoms with van der Waals surface area (Å²) < 4.78 is 2.34. The predicted molar refractivity (Wildman–Crippen MR) is 83.4 cm³/mol. The Morgan fingerprint density at radius 2 is 1.74 bits per heavy atom. The first-order valence-electron chi connectivity index (χ1n) is 5.31. The number of urea groups is 1. The van der Waals surface area contributed by atoms with E-state index in [0.29, 0.717) is 18.7 Å². The van der Waals surface area contributed by atoms with Crippen LogP contribution < -0.4 is 10.6 Å². The molecule has 19 heavy (non-hydrogen) atoms. The molecule has 0 bridgehead atoms. The third-order valence-corrected chi connectivity index (χ3v) is 3.81. The number of hydrogen-bond donors (Lipinski definition) is 3. The van der Waals surface area contributed by atoms with Gasteiger partial charge in [0.2, 0.25) is 0 Å². The third kappa shape index (κ3) is 5.92. The summed E-state index contributed by atoms with van der Waals surface area (Å²) in [5.74, 6) is -0.874. The Labute approximate surface area is 135 Å². The van der Waals surface area contributed by atoms with Crippen molar-refractivity contribution in [3.05, 3.63) is 25.6 Å². The van der Waals surface area contributed by atoms with Crippen molar-refractivity contribution in [1.82, 2.24) is 5.32 Å². The second-order valence-electron chi connectivity index (χ2n) is 3.62. The fourth-order valence-electron chi connectivity index (χ4n) is 1.26. The highest BCUT2D eigenvalue weighted by molar-refractivity contribution is 9.11. The minimum atomic E-state index is -0.874. The maximum Gasteiger partial charge on any atom is 0.319 e. The SMILES string of the molecule is O=C(O)CCCNC(=O)Nc1c(Br)cc(Br)cc1Br. The molecule has 0 heterocycles. The van der Waals surface area contributed by atoms with Crippen molar-refractivity contribution in [2.45, 2.75) is 12.8 Å². The van der Waals surface area contributed by atoms with Crippen LogP contribution in [0.2, 0.25) is 0 Å². The average Bonchev–Trinajstić information content (AvgIpc) is 2.29. The number of carboxylic acids is 1. The molecule has 0 spiro atoms. The van der Waals surface area contributed by atoms with Crippen LogP contribution in [0.4, 0.5) is 10.5 Å². The summed E-state index contributed by atoms with van der Waals surface area (Å²) >= 11 is 10.0. The van der Waals surface area contributed by atoms with Crippen molar-refractivity contribution in [3.63, 3.8) is 0 Å². The van der Waals surface area contributed by atoms with E-state index in [1.54, 1.807) is 0 Å². The Balaban J connectivity index is 2.51. The Morgan fingerprint density at radius 1 is 1.16 bits per heavy atom. The van der Waals surface area contributed by atoms with Crippen LogP contribution >= 0.6 is 47.8 Å². The summed E-state index contributed by atoms with van der Waals surface area (Å²) in [4.78, 5) is 21.9. The number of amides is 2. The quantitative estimate of drug-likeness (QED) is 0.584.